The van der Waals surface area contributed by atoms with Crippen LogP contribution in [0.25, 0.3) is 0 Å². The van der Waals surface area contributed by atoms with E-state index in [2.05, 4.69) is 5.32 Å². The Bertz CT molecular complexity index is 412. The average Bonchev–Trinajstić information content (AvgIpc) is 2.87. The first kappa shape index (κ1) is 18.9. The summed E-state index contributed by atoms with van der Waals surface area (Å²) in [6.07, 6.45) is 0.815. The number of nitrogens with zero attached hydrogens (tertiary/aromatic N) is 1. The third-order valence-corrected chi connectivity index (χ3v) is 3.67. The van der Waals surface area contributed by atoms with Crippen LogP contribution in [-0.4, -0.2) is 41.0 Å². The van der Waals surface area contributed by atoms with Gasteiger partial charge < -0.3 is 10.4 Å². The smallest absolute Gasteiger partial charge is 0.317 e. The third-order valence-electron chi connectivity index (χ3n) is 2.79. The predicted octanol–water partition coefficient (Wildman–Crippen LogP) is 1.97. The molecule has 0 aliphatic rings. The topological polar surface area (TPSA) is 69.6 Å². The lowest BCUT2D eigenvalue weighted by molar-refractivity contribution is -0.139. The summed E-state index contributed by atoms with van der Waals surface area (Å²) in [5.74, 6) is -1.05. The zero-order valence-corrected chi connectivity index (χ0v) is 13.3. The summed E-state index contributed by atoms with van der Waals surface area (Å²) in [6.45, 7) is 4.68. The van der Waals surface area contributed by atoms with Crippen LogP contribution in [0, 0.1) is 0 Å². The molecule has 1 atom stereocenters. The van der Waals surface area contributed by atoms with Gasteiger partial charge in [-0.15, -0.1) is 23.7 Å². The number of carboxylic acids is 1. The Kier molecular flexibility index (Phi) is 9.20. The van der Waals surface area contributed by atoms with E-state index in [4.69, 9.17) is 5.11 Å². The third kappa shape index (κ3) is 6.36. The Morgan fingerprint density at radius 2 is 2.20 bits per heavy atom. The Hall–Kier alpha value is -1.11. The van der Waals surface area contributed by atoms with Crippen LogP contribution in [0.3, 0.4) is 0 Å². The van der Waals surface area contributed by atoms with Crippen molar-refractivity contribution in [3.05, 3.63) is 22.4 Å². The number of nitrogens with one attached hydrogen (secondary N) is 1. The molecule has 20 heavy (non-hydrogen) atoms. The number of amides is 1. The molecule has 0 saturated carbocycles. The van der Waals surface area contributed by atoms with Gasteiger partial charge in [0.05, 0.1) is 19.1 Å². The van der Waals surface area contributed by atoms with Crippen LogP contribution in [0.1, 0.15) is 25.1 Å². The zero-order valence-electron chi connectivity index (χ0n) is 11.7. The molecule has 0 bridgehead atoms. The van der Waals surface area contributed by atoms with Gasteiger partial charge in [-0.2, -0.15) is 0 Å². The molecule has 1 rings (SSSR count). The highest BCUT2D eigenvalue weighted by Gasteiger charge is 2.22. The molecular weight excluding hydrogens is 300 g/mol. The summed E-state index contributed by atoms with van der Waals surface area (Å²) in [5, 5.41) is 13.6. The van der Waals surface area contributed by atoms with Gasteiger partial charge in [-0.05, 0) is 31.3 Å². The summed E-state index contributed by atoms with van der Waals surface area (Å²) in [6, 6.07) is 3.45. The maximum absolute atomic E-state index is 12.0. The second-order valence-corrected chi connectivity index (χ2v) is 5.37. The second kappa shape index (κ2) is 9.74. The van der Waals surface area contributed by atoms with E-state index in [0.717, 1.165) is 11.3 Å². The zero-order chi connectivity index (χ0) is 14.3. The molecule has 0 spiro atoms. The van der Waals surface area contributed by atoms with E-state index in [9.17, 15) is 9.59 Å². The van der Waals surface area contributed by atoms with Crippen molar-refractivity contribution in [1.82, 2.24) is 10.2 Å². The van der Waals surface area contributed by atoms with E-state index >= 15 is 0 Å². The van der Waals surface area contributed by atoms with Crippen LogP contribution in [0.4, 0.5) is 0 Å². The summed E-state index contributed by atoms with van der Waals surface area (Å²) in [4.78, 5) is 25.5. The first-order valence-electron chi connectivity index (χ1n) is 6.30. The normalized spacial score (nSPS) is 11.8. The number of aliphatic carboxylic acids is 1. The standard InChI is InChI=1S/C13H20N2O3S.ClH/c1-3-6-15(9-12(16)17)10(2)13(18)14-8-11-5-4-7-19-11;/h4-5,7,10H,3,6,8-9H2,1-2H3,(H,14,18)(H,16,17);1H. The monoisotopic (exact) mass is 320 g/mol. The molecule has 0 radical (unpaired) electrons. The molecule has 0 aliphatic carbocycles. The molecule has 2 N–H and O–H groups in total. The van der Waals surface area contributed by atoms with Crippen molar-refractivity contribution in [2.45, 2.75) is 32.9 Å². The molecule has 1 amide bonds. The summed E-state index contributed by atoms with van der Waals surface area (Å²) in [7, 11) is 0. The second-order valence-electron chi connectivity index (χ2n) is 4.34. The lowest BCUT2D eigenvalue weighted by Crippen LogP contribution is -2.47. The van der Waals surface area contributed by atoms with Gasteiger partial charge in [0, 0.05) is 4.88 Å². The van der Waals surface area contributed by atoms with Crippen LogP contribution in [0.2, 0.25) is 0 Å². The number of halogens is 1. The lowest BCUT2D eigenvalue weighted by atomic mass is 10.2. The van der Waals surface area contributed by atoms with Crippen LogP contribution in [-0.2, 0) is 16.1 Å². The highest BCUT2D eigenvalue weighted by molar-refractivity contribution is 7.09. The van der Waals surface area contributed by atoms with Crippen molar-refractivity contribution >= 4 is 35.6 Å². The van der Waals surface area contributed by atoms with Crippen molar-refractivity contribution in [3.8, 4) is 0 Å². The number of hydrogen-bond acceptors (Lipinski definition) is 4. The van der Waals surface area contributed by atoms with E-state index in [1.807, 2.05) is 24.4 Å². The van der Waals surface area contributed by atoms with E-state index in [1.54, 1.807) is 23.2 Å². The highest BCUT2D eigenvalue weighted by Crippen LogP contribution is 2.08. The first-order valence-corrected chi connectivity index (χ1v) is 7.18. The summed E-state index contributed by atoms with van der Waals surface area (Å²) in [5.41, 5.74) is 0. The molecule has 1 aromatic heterocycles. The molecule has 0 fully saturated rings. The van der Waals surface area contributed by atoms with E-state index < -0.39 is 12.0 Å². The van der Waals surface area contributed by atoms with Crippen LogP contribution >= 0.6 is 23.7 Å². The van der Waals surface area contributed by atoms with E-state index in [1.165, 1.54) is 0 Å². The molecular formula is C13H21ClN2O3S. The van der Waals surface area contributed by atoms with Crippen LogP contribution in [0.15, 0.2) is 17.5 Å². The molecule has 0 aromatic carbocycles. The molecule has 7 heteroatoms. The fourth-order valence-electron chi connectivity index (χ4n) is 1.77. The van der Waals surface area contributed by atoms with Crippen molar-refractivity contribution in [2.24, 2.45) is 0 Å². The summed E-state index contributed by atoms with van der Waals surface area (Å²) < 4.78 is 0. The van der Waals surface area contributed by atoms with Gasteiger partial charge in [-0.3, -0.25) is 14.5 Å². The largest absolute Gasteiger partial charge is 0.480 e. The predicted molar refractivity (Wildman–Crippen MR) is 82.4 cm³/mol. The van der Waals surface area contributed by atoms with Gasteiger partial charge >= 0.3 is 5.97 Å². The number of thiophene rings is 1. The van der Waals surface area contributed by atoms with Gasteiger partial charge in [-0.25, -0.2) is 0 Å². The molecule has 5 nitrogen and oxygen atoms in total. The van der Waals surface area contributed by atoms with Gasteiger partial charge in [0.15, 0.2) is 0 Å². The number of carboxylic acid groups (broad SMARTS) is 1. The maximum Gasteiger partial charge on any atom is 0.317 e. The van der Waals surface area contributed by atoms with Crippen LogP contribution in [0.5, 0.6) is 0 Å². The number of hydrogen-bond donors (Lipinski definition) is 2. The quantitative estimate of drug-likeness (QED) is 0.768. The van der Waals surface area contributed by atoms with Crippen LogP contribution < -0.4 is 5.32 Å². The first-order chi connectivity index (χ1) is 9.04. The Labute approximate surface area is 129 Å². The maximum atomic E-state index is 12.0. The lowest BCUT2D eigenvalue weighted by Gasteiger charge is -2.26. The van der Waals surface area contributed by atoms with Crippen molar-refractivity contribution in [2.75, 3.05) is 13.1 Å². The van der Waals surface area contributed by atoms with E-state index in [0.29, 0.717) is 13.1 Å². The molecule has 114 valence electrons. The Morgan fingerprint density at radius 1 is 1.50 bits per heavy atom. The minimum atomic E-state index is -0.911. The molecule has 0 saturated heterocycles. The van der Waals surface area contributed by atoms with Gasteiger partial charge in [0.2, 0.25) is 5.91 Å². The highest BCUT2D eigenvalue weighted by atomic mass is 35.5. The van der Waals surface area contributed by atoms with Crippen molar-refractivity contribution in [3.63, 3.8) is 0 Å². The minimum Gasteiger partial charge on any atom is -0.480 e. The summed E-state index contributed by atoms with van der Waals surface area (Å²) >= 11 is 1.58. The Morgan fingerprint density at radius 3 is 2.70 bits per heavy atom. The van der Waals surface area contributed by atoms with Crippen molar-refractivity contribution < 1.29 is 14.7 Å². The van der Waals surface area contributed by atoms with Gasteiger partial charge in [-0.1, -0.05) is 13.0 Å². The number of rotatable bonds is 8. The SMILES string of the molecule is CCCN(CC(=O)O)C(C)C(=O)NCc1cccs1.Cl. The minimum absolute atomic E-state index is 0. The average molecular weight is 321 g/mol. The molecule has 1 aromatic rings. The fraction of sp³-hybridized carbons (Fsp3) is 0.538. The number of carbonyl (C=O) groups excluding carboxylic acids is 1. The van der Waals surface area contributed by atoms with Gasteiger partial charge in [0.1, 0.15) is 0 Å². The molecule has 1 heterocycles. The molecule has 0 aliphatic heterocycles. The molecule has 1 unspecified atom stereocenters. The Balaban J connectivity index is 0.00000361. The van der Waals surface area contributed by atoms with Gasteiger partial charge in [0.25, 0.3) is 0 Å². The fourth-order valence-corrected chi connectivity index (χ4v) is 2.42. The number of carbonyl (C=O) groups is 2. The van der Waals surface area contributed by atoms with E-state index in [-0.39, 0.29) is 24.9 Å². The van der Waals surface area contributed by atoms with Crippen molar-refractivity contribution in [1.29, 1.82) is 0 Å².